The molecule has 0 amide bonds. The van der Waals surface area contributed by atoms with Gasteiger partial charge in [-0.1, -0.05) is 13.8 Å². The molecule has 0 aliphatic carbocycles. The lowest BCUT2D eigenvalue weighted by molar-refractivity contribution is -0.905. The van der Waals surface area contributed by atoms with Crippen LogP contribution in [0.1, 0.15) is 20.3 Å². The van der Waals surface area contributed by atoms with Gasteiger partial charge >= 0.3 is 8.93 Å². The third-order valence-corrected chi connectivity index (χ3v) is 3.36. The van der Waals surface area contributed by atoms with Crippen molar-refractivity contribution < 1.29 is 160 Å². The average molecular weight is 598 g/mol. The maximum atomic E-state index is 11.3. The molecule has 37 heavy (non-hydrogen) atoms. The van der Waals surface area contributed by atoms with Gasteiger partial charge in [-0.15, -0.1) is 0 Å². The molecule has 0 saturated heterocycles. The van der Waals surface area contributed by atoms with Crippen LogP contribution in [-0.4, -0.2) is 14.2 Å². The minimum atomic E-state index is -2.53. The fraction of sp³-hybridized carbons (Fsp3) is 1.00. The first kappa shape index (κ1) is 35.6. The number of hydrogen-bond donors (Lipinski definition) is 1. The quantitative estimate of drug-likeness (QED) is 0.0429. The highest BCUT2D eigenvalue weighted by molar-refractivity contribution is 6.36. The van der Waals surface area contributed by atoms with E-state index in [0.29, 0.717) is 6.42 Å². The van der Waals surface area contributed by atoms with Crippen LogP contribution in [0, 0.1) is 0 Å². The van der Waals surface area contributed by atoms with Gasteiger partial charge in [0, 0.05) is 111 Å². The highest BCUT2D eigenvalue weighted by Gasteiger charge is 2.18. The molecule has 0 rings (SSSR count). The Labute approximate surface area is 196 Å². The predicted molar refractivity (Wildman–Crippen MR) is 61.3 cm³/mol. The fourth-order valence-electron chi connectivity index (χ4n) is 0.603. The Kier molecular flexibility index (Phi) is 29.7. The van der Waals surface area contributed by atoms with Gasteiger partial charge in [0.2, 0.25) is 0 Å². The summed E-state index contributed by atoms with van der Waals surface area (Å²) in [6, 6.07) is 0. The van der Waals surface area contributed by atoms with Crippen molar-refractivity contribution in [3.63, 3.8) is 0 Å². The first-order chi connectivity index (χ1) is 18.2. The standard InChI is InChI=1S/C4H10O32Si/c1-3-4(2)37(6)36-35-34-33-32-31-30-29-28-27-26-25-24-23-22-21-20-19-18-17-16-15-14-13-12-11-10-9-8-7-5/h4-5H,3H2,1-2H3. The van der Waals surface area contributed by atoms with Crippen LogP contribution in [0.5, 0.6) is 0 Å². The van der Waals surface area contributed by atoms with Crippen molar-refractivity contribution >= 4 is 8.93 Å². The summed E-state index contributed by atoms with van der Waals surface area (Å²) < 4.78 is 15.6. The molecule has 0 aliphatic rings. The molecule has 0 aliphatic heterocycles. The maximum absolute atomic E-state index is 11.3. The largest absolute Gasteiger partial charge is 0.545 e. The second-order valence-corrected chi connectivity index (χ2v) is 5.48. The Balaban J connectivity index is 3.07. The summed E-state index contributed by atoms with van der Waals surface area (Å²) in [5.41, 5.74) is -0.270. The molecule has 0 aromatic carbocycles. The molecule has 0 saturated carbocycles. The highest BCUT2D eigenvalue weighted by Crippen LogP contribution is 2.09. The number of rotatable bonds is 32. The lowest BCUT2D eigenvalue weighted by Crippen LogP contribution is -2.13. The molecule has 0 bridgehead atoms. The van der Waals surface area contributed by atoms with Crippen molar-refractivity contribution in [2.75, 3.05) is 0 Å². The molecule has 1 atom stereocenters. The van der Waals surface area contributed by atoms with E-state index < -0.39 is 8.93 Å². The second-order valence-electron chi connectivity index (χ2n) is 3.69. The van der Waals surface area contributed by atoms with E-state index in [1.54, 1.807) is 13.8 Å². The van der Waals surface area contributed by atoms with Crippen LogP contribution < -0.4 is 0 Å². The summed E-state index contributed by atoms with van der Waals surface area (Å²) in [6.07, 6.45) is 0.569. The normalized spacial score (nSPS) is 12.2. The van der Waals surface area contributed by atoms with Crippen LogP contribution in [0.3, 0.4) is 0 Å². The third kappa shape index (κ3) is 29.0. The maximum Gasteiger partial charge on any atom is 0.545 e. The summed E-state index contributed by atoms with van der Waals surface area (Å²) in [5, 5.41) is 109. The van der Waals surface area contributed by atoms with Gasteiger partial charge in [0.15, 0.2) is 0 Å². The van der Waals surface area contributed by atoms with Crippen molar-refractivity contribution in [3.05, 3.63) is 0 Å². The average Bonchev–Trinajstić information content (AvgIpc) is 2.91. The highest BCUT2D eigenvalue weighted by atomic mass is 28.3. The summed E-state index contributed by atoms with van der Waals surface area (Å²) in [6.45, 7) is 3.42. The van der Waals surface area contributed by atoms with E-state index >= 15 is 0 Å². The molecule has 0 spiro atoms. The molecular weight excluding hydrogens is 588 g/mol. The Morgan fingerprint density at radius 2 is 0.676 bits per heavy atom. The molecular formula is C4H10O32Si. The van der Waals surface area contributed by atoms with E-state index in [4.69, 9.17) is 5.26 Å². The van der Waals surface area contributed by atoms with Crippen LogP contribution in [0.15, 0.2) is 0 Å². The molecule has 222 valence electrons. The van der Waals surface area contributed by atoms with Crippen molar-refractivity contribution in [2.24, 2.45) is 0 Å². The van der Waals surface area contributed by atoms with E-state index in [2.05, 4.69) is 151 Å². The minimum Gasteiger partial charge on any atom is -0.331 e. The zero-order chi connectivity index (χ0) is 27.1. The van der Waals surface area contributed by atoms with Gasteiger partial charge in [0.05, 0.1) is 0 Å². The molecule has 1 N–H and O–H groups in total. The molecule has 0 fully saturated rings. The summed E-state index contributed by atoms with van der Waals surface area (Å²) in [7, 11) is -2.53. The second kappa shape index (κ2) is 30.8. The lowest BCUT2D eigenvalue weighted by Gasteiger charge is -2.03. The third-order valence-electron chi connectivity index (χ3n) is 1.91. The van der Waals surface area contributed by atoms with E-state index in [1.807, 2.05) is 0 Å². The molecule has 0 radical (unpaired) electrons. The van der Waals surface area contributed by atoms with E-state index in [-0.39, 0.29) is 5.54 Å². The van der Waals surface area contributed by atoms with Crippen molar-refractivity contribution in [1.29, 1.82) is 0 Å². The van der Waals surface area contributed by atoms with Crippen LogP contribution in [0.4, 0.5) is 0 Å². The van der Waals surface area contributed by atoms with Crippen molar-refractivity contribution in [1.82, 2.24) is 0 Å². The molecule has 0 aromatic heterocycles. The molecule has 33 heteroatoms. The van der Waals surface area contributed by atoms with Crippen molar-refractivity contribution in [2.45, 2.75) is 25.8 Å². The van der Waals surface area contributed by atoms with Gasteiger partial charge in [-0.3, -0.25) is 0 Å². The summed E-state index contributed by atoms with van der Waals surface area (Å²) >= 11 is 0. The first-order valence-corrected chi connectivity index (χ1v) is 8.80. The molecule has 0 aromatic rings. The Morgan fingerprint density at radius 1 is 0.459 bits per heavy atom. The van der Waals surface area contributed by atoms with Crippen LogP contribution >= 0.6 is 0 Å². The predicted octanol–water partition coefficient (Wildman–Crippen LogP) is -0.789. The smallest absolute Gasteiger partial charge is 0.331 e. The van der Waals surface area contributed by atoms with Gasteiger partial charge in [0.1, 0.15) is 0 Å². The zero-order valence-corrected chi connectivity index (χ0v) is 17.9. The minimum absolute atomic E-state index is 0.270. The SMILES string of the molecule is CCC(C)[Si](=O)OOOOOOOOOOOOOOOOOOOOOOOOOOOOOOO. The van der Waals surface area contributed by atoms with Crippen LogP contribution in [0.25, 0.3) is 0 Å². The van der Waals surface area contributed by atoms with Crippen molar-refractivity contribution in [3.8, 4) is 0 Å². The monoisotopic (exact) mass is 598 g/mol. The van der Waals surface area contributed by atoms with E-state index in [1.165, 1.54) is 0 Å². The Hall–Kier alpha value is -1.38. The molecule has 1 unspecified atom stereocenters. The topological polar surface area (TPSA) is 314 Å². The van der Waals surface area contributed by atoms with Gasteiger partial charge in [-0.2, -0.15) is 0 Å². The number of hydrogen-bond acceptors (Lipinski definition) is 32. The summed E-state index contributed by atoms with van der Waals surface area (Å²) in [4.78, 5) is 0. The van der Waals surface area contributed by atoms with E-state index in [0.717, 1.165) is 0 Å². The first-order valence-electron chi connectivity index (χ1n) is 7.41. The lowest BCUT2D eigenvalue weighted by atomic mass is 10.4. The Morgan fingerprint density at radius 3 is 0.892 bits per heavy atom. The van der Waals surface area contributed by atoms with Gasteiger partial charge in [0.25, 0.3) is 0 Å². The fourth-order valence-corrected chi connectivity index (χ4v) is 1.20. The van der Waals surface area contributed by atoms with Gasteiger partial charge < -0.3 is 9.04 Å². The van der Waals surface area contributed by atoms with Crippen LogP contribution in [-0.2, 0) is 155 Å². The zero-order valence-electron chi connectivity index (χ0n) is 16.9. The van der Waals surface area contributed by atoms with E-state index in [9.17, 15) is 4.46 Å². The van der Waals surface area contributed by atoms with Gasteiger partial charge in [-0.25, -0.2) is 5.26 Å². The van der Waals surface area contributed by atoms with Crippen LogP contribution in [0.2, 0.25) is 5.54 Å². The Bertz CT molecular complexity index is 447. The van der Waals surface area contributed by atoms with Gasteiger partial charge in [-0.05, 0) is 46.7 Å². The summed E-state index contributed by atoms with van der Waals surface area (Å²) in [5.74, 6) is 0. The molecule has 32 nitrogen and oxygen atoms in total. The molecule has 0 heterocycles.